The van der Waals surface area contributed by atoms with E-state index in [4.69, 9.17) is 4.74 Å². The molecule has 0 atom stereocenters. The van der Waals surface area contributed by atoms with Gasteiger partial charge in [0.1, 0.15) is 0 Å². The van der Waals surface area contributed by atoms with Crippen LogP contribution < -0.4 is 24.0 Å². The van der Waals surface area contributed by atoms with Crippen LogP contribution in [-0.2, 0) is 9.53 Å². The Bertz CT molecular complexity index is 185. The van der Waals surface area contributed by atoms with E-state index in [0.717, 1.165) is 0 Å². The van der Waals surface area contributed by atoms with Gasteiger partial charge in [-0.25, -0.2) is 4.79 Å². The minimum absolute atomic E-state index is 0. The monoisotopic (exact) mass is 346 g/mol. The number of esters is 1. The summed E-state index contributed by atoms with van der Waals surface area (Å²) >= 11 is 0. The van der Waals surface area contributed by atoms with Crippen LogP contribution in [0.5, 0.6) is 0 Å². The van der Waals surface area contributed by atoms with Crippen LogP contribution in [0.15, 0.2) is 0 Å². The largest absolute Gasteiger partial charge is 1.00 e. The molecule has 0 aromatic rings. The molecule has 0 unspecified atom stereocenters. The third kappa shape index (κ3) is 5.48. The number of halogens is 1. The second-order valence-electron chi connectivity index (χ2n) is 4.50. The predicted octanol–water partition coefficient (Wildman–Crippen LogP) is 0.0177. The first-order valence-corrected chi connectivity index (χ1v) is 7.91. The van der Waals surface area contributed by atoms with Crippen molar-refractivity contribution in [2.45, 2.75) is 45.9 Å². The van der Waals surface area contributed by atoms with E-state index in [2.05, 4.69) is 34.4 Å². The summed E-state index contributed by atoms with van der Waals surface area (Å²) in [4.78, 5) is 11.5. The Labute approximate surface area is 112 Å². The van der Waals surface area contributed by atoms with Crippen molar-refractivity contribution >= 4 is 13.2 Å². The standard InChI is InChI=1S/C11H24O2P.HI/c1-7-13-11(12)8-14(6,9(2)3)10(4)5;/h9-10H,7-8H2,1-6H3;1H/q+1;/p-1. The fourth-order valence-electron chi connectivity index (χ4n) is 1.45. The Hall–Kier alpha value is 0.630. The third-order valence-corrected chi connectivity index (χ3v) is 8.79. The van der Waals surface area contributed by atoms with Crippen molar-refractivity contribution in [1.29, 1.82) is 0 Å². The number of hydrogen-bond donors (Lipinski definition) is 0. The number of carbonyl (C=O) groups excluding carboxylic acids is 1. The topological polar surface area (TPSA) is 26.3 Å². The van der Waals surface area contributed by atoms with Gasteiger partial charge in [0, 0.05) is 13.9 Å². The van der Waals surface area contributed by atoms with Crippen molar-refractivity contribution in [2.75, 3.05) is 19.4 Å². The molecular weight excluding hydrogens is 322 g/mol. The van der Waals surface area contributed by atoms with E-state index in [1.54, 1.807) is 0 Å². The van der Waals surface area contributed by atoms with Crippen LogP contribution in [0.3, 0.4) is 0 Å². The van der Waals surface area contributed by atoms with Crippen molar-refractivity contribution in [3.8, 4) is 0 Å². The van der Waals surface area contributed by atoms with Crippen LogP contribution in [0.1, 0.15) is 34.6 Å². The summed E-state index contributed by atoms with van der Waals surface area (Å²) in [5.41, 5.74) is 1.21. The van der Waals surface area contributed by atoms with Crippen LogP contribution in [0, 0.1) is 0 Å². The van der Waals surface area contributed by atoms with Gasteiger partial charge in [-0.05, 0) is 34.6 Å². The lowest BCUT2D eigenvalue weighted by atomic mass is 10.5. The first-order valence-electron chi connectivity index (χ1n) is 5.35. The normalized spacial score (nSPS) is 11.5. The smallest absolute Gasteiger partial charge is 0.343 e. The second kappa shape index (κ2) is 7.83. The number of carbonyl (C=O) groups is 1. The lowest BCUT2D eigenvalue weighted by molar-refractivity contribution is -0.140. The van der Waals surface area contributed by atoms with Crippen LogP contribution in [0.4, 0.5) is 0 Å². The van der Waals surface area contributed by atoms with E-state index in [1.807, 2.05) is 6.92 Å². The zero-order valence-corrected chi connectivity index (χ0v) is 13.8. The summed E-state index contributed by atoms with van der Waals surface area (Å²) < 4.78 is 5.03. The van der Waals surface area contributed by atoms with Gasteiger partial charge in [-0.3, -0.25) is 0 Å². The Balaban J connectivity index is 0. The molecule has 0 N–H and O–H groups in total. The summed E-state index contributed by atoms with van der Waals surface area (Å²) in [5, 5.41) is 0. The van der Waals surface area contributed by atoms with Gasteiger partial charge in [0.15, 0.2) is 6.16 Å². The molecule has 2 nitrogen and oxygen atoms in total. The molecule has 0 spiro atoms. The minimum Gasteiger partial charge on any atom is -1.00 e. The van der Waals surface area contributed by atoms with Crippen molar-refractivity contribution in [3.05, 3.63) is 0 Å². The Morgan fingerprint density at radius 2 is 1.60 bits per heavy atom. The molecule has 0 aromatic carbocycles. The van der Waals surface area contributed by atoms with Crippen molar-refractivity contribution in [1.82, 2.24) is 0 Å². The third-order valence-electron chi connectivity index (χ3n) is 3.13. The molecule has 0 bridgehead atoms. The van der Waals surface area contributed by atoms with E-state index in [-0.39, 0.29) is 29.9 Å². The first kappa shape index (κ1) is 18.0. The molecular formula is C11H24IO2P. The maximum Gasteiger partial charge on any atom is 0.343 e. The van der Waals surface area contributed by atoms with Crippen LogP contribution in [0.2, 0.25) is 0 Å². The average molecular weight is 346 g/mol. The van der Waals surface area contributed by atoms with Gasteiger partial charge in [-0.2, -0.15) is 0 Å². The van der Waals surface area contributed by atoms with Gasteiger partial charge in [-0.1, -0.05) is 0 Å². The first-order chi connectivity index (χ1) is 6.34. The molecule has 15 heavy (non-hydrogen) atoms. The molecule has 0 heterocycles. The second-order valence-corrected chi connectivity index (χ2v) is 9.57. The highest BCUT2D eigenvalue weighted by molar-refractivity contribution is 7.77. The highest BCUT2D eigenvalue weighted by Crippen LogP contribution is 2.63. The summed E-state index contributed by atoms with van der Waals surface area (Å²) in [5.74, 6) is -0.0225. The highest BCUT2D eigenvalue weighted by Gasteiger charge is 2.41. The van der Waals surface area contributed by atoms with Crippen LogP contribution >= 0.6 is 7.26 Å². The molecule has 0 aromatic heterocycles. The van der Waals surface area contributed by atoms with Gasteiger partial charge in [-0.15, -0.1) is 0 Å². The molecule has 92 valence electrons. The van der Waals surface area contributed by atoms with Gasteiger partial charge in [0.2, 0.25) is 0 Å². The predicted molar refractivity (Wildman–Crippen MR) is 64.6 cm³/mol. The molecule has 4 heteroatoms. The van der Waals surface area contributed by atoms with Gasteiger partial charge in [0.25, 0.3) is 0 Å². The molecule has 0 rings (SSSR count). The summed E-state index contributed by atoms with van der Waals surface area (Å²) in [6, 6.07) is 0. The van der Waals surface area contributed by atoms with E-state index >= 15 is 0 Å². The van der Waals surface area contributed by atoms with Gasteiger partial charge in [0.05, 0.1) is 17.9 Å². The molecule has 0 saturated heterocycles. The fourth-order valence-corrected chi connectivity index (χ4v) is 4.02. The van der Waals surface area contributed by atoms with E-state index in [0.29, 0.717) is 24.1 Å². The number of ether oxygens (including phenoxy) is 1. The molecule has 0 fully saturated rings. The summed E-state index contributed by atoms with van der Waals surface area (Å²) in [6.07, 6.45) is 0.635. The zero-order chi connectivity index (χ0) is 11.4. The maximum atomic E-state index is 11.5. The Morgan fingerprint density at radius 1 is 1.20 bits per heavy atom. The van der Waals surface area contributed by atoms with Crippen molar-refractivity contribution in [2.24, 2.45) is 0 Å². The fraction of sp³-hybridized carbons (Fsp3) is 0.909. The average Bonchev–Trinajstić information content (AvgIpc) is 2.03. The van der Waals surface area contributed by atoms with Crippen molar-refractivity contribution in [3.63, 3.8) is 0 Å². The lowest BCUT2D eigenvalue weighted by Crippen LogP contribution is -3.00. The van der Waals surface area contributed by atoms with E-state index in [9.17, 15) is 4.79 Å². The quantitative estimate of drug-likeness (QED) is 0.399. The van der Waals surface area contributed by atoms with Crippen molar-refractivity contribution < 1.29 is 33.5 Å². The number of rotatable bonds is 5. The van der Waals surface area contributed by atoms with E-state index in [1.165, 1.54) is 0 Å². The van der Waals surface area contributed by atoms with Gasteiger partial charge >= 0.3 is 5.97 Å². The molecule has 0 radical (unpaired) electrons. The molecule has 0 aliphatic heterocycles. The molecule has 0 saturated carbocycles. The molecule has 0 amide bonds. The Kier molecular flexibility index (Phi) is 9.40. The molecule has 0 aliphatic carbocycles. The summed E-state index contributed by atoms with van der Waals surface area (Å²) in [6.45, 7) is 13.5. The molecule has 0 aliphatic rings. The minimum atomic E-state index is -1.17. The zero-order valence-electron chi connectivity index (χ0n) is 10.7. The van der Waals surface area contributed by atoms with Gasteiger partial charge < -0.3 is 28.7 Å². The number of hydrogen-bond acceptors (Lipinski definition) is 2. The lowest BCUT2D eigenvalue weighted by Gasteiger charge is -2.29. The summed E-state index contributed by atoms with van der Waals surface area (Å²) in [7, 11) is -1.17. The highest BCUT2D eigenvalue weighted by atomic mass is 127. The SMILES string of the molecule is CCOC(=O)C[P+](C)(C(C)C)C(C)C.[I-]. The maximum absolute atomic E-state index is 11.5. The van der Waals surface area contributed by atoms with Crippen LogP contribution in [0.25, 0.3) is 0 Å². The Morgan fingerprint density at radius 3 is 1.87 bits per heavy atom. The van der Waals surface area contributed by atoms with E-state index < -0.39 is 7.26 Å². The van der Waals surface area contributed by atoms with Crippen LogP contribution in [-0.4, -0.2) is 36.7 Å².